The molecule has 0 aromatic carbocycles. The third kappa shape index (κ3) is 2.84. The summed E-state index contributed by atoms with van der Waals surface area (Å²) in [6, 6.07) is 3.59. The zero-order valence-electron chi connectivity index (χ0n) is 7.70. The van der Waals surface area contributed by atoms with E-state index in [1.54, 1.807) is 19.4 Å². The molecular weight excluding hydrogens is 200 g/mol. The van der Waals surface area contributed by atoms with E-state index in [-0.39, 0.29) is 5.69 Å². The molecule has 3 nitrogen and oxygen atoms in total. The number of nitrogens with zero attached hydrogens (tertiary/aromatic N) is 2. The maximum absolute atomic E-state index is 8.59. The third-order valence-electron chi connectivity index (χ3n) is 1.54. The highest BCUT2D eigenvalue weighted by Gasteiger charge is 1.99. The maximum atomic E-state index is 8.59. The summed E-state index contributed by atoms with van der Waals surface area (Å²) in [4.78, 5) is 3.89. The molecule has 0 unspecified atom stereocenters. The first-order valence-electron chi connectivity index (χ1n) is 3.99. The number of methoxy groups -OCH3 is 1. The molecule has 0 N–H and O–H groups in total. The molecule has 0 aliphatic heterocycles. The molecule has 1 aromatic heterocycles. The number of pyridine rings is 1. The van der Waals surface area contributed by atoms with Gasteiger partial charge in [0.25, 0.3) is 0 Å². The minimum absolute atomic E-state index is 0.246. The van der Waals surface area contributed by atoms with Crippen LogP contribution in [-0.4, -0.2) is 18.7 Å². The van der Waals surface area contributed by atoms with Crippen LogP contribution in [0, 0.1) is 11.3 Å². The van der Waals surface area contributed by atoms with Crippen LogP contribution in [0.15, 0.2) is 18.3 Å². The van der Waals surface area contributed by atoms with Crippen LogP contribution in [0.1, 0.15) is 11.3 Å². The second kappa shape index (κ2) is 5.38. The summed E-state index contributed by atoms with van der Waals surface area (Å²) < 4.78 is 4.85. The number of halogens is 1. The highest BCUT2D eigenvalue weighted by atomic mass is 35.5. The molecular formula is C10H9ClN2O. The number of rotatable bonds is 3. The van der Waals surface area contributed by atoms with Crippen molar-refractivity contribution in [1.82, 2.24) is 4.98 Å². The Morgan fingerprint density at radius 1 is 1.71 bits per heavy atom. The van der Waals surface area contributed by atoms with Crippen molar-refractivity contribution in [2.24, 2.45) is 0 Å². The molecule has 0 amide bonds. The van der Waals surface area contributed by atoms with Crippen molar-refractivity contribution in [2.45, 2.75) is 0 Å². The second-order valence-electron chi connectivity index (χ2n) is 2.57. The molecule has 72 valence electrons. The monoisotopic (exact) mass is 208 g/mol. The van der Waals surface area contributed by atoms with Crippen LogP contribution >= 0.6 is 11.6 Å². The summed E-state index contributed by atoms with van der Waals surface area (Å²) in [5.74, 6) is 0. The molecule has 0 saturated heterocycles. The molecule has 0 saturated carbocycles. The van der Waals surface area contributed by atoms with Gasteiger partial charge in [-0.15, -0.1) is 0 Å². The number of hydrogen-bond acceptors (Lipinski definition) is 3. The van der Waals surface area contributed by atoms with Crippen molar-refractivity contribution < 1.29 is 4.74 Å². The van der Waals surface area contributed by atoms with Gasteiger partial charge in [0.1, 0.15) is 6.07 Å². The SMILES string of the molecule is COC/C=C/c1cnc(C#N)c(Cl)c1. The van der Waals surface area contributed by atoms with Crippen molar-refractivity contribution in [1.29, 1.82) is 5.26 Å². The van der Waals surface area contributed by atoms with Gasteiger partial charge in [-0.05, 0) is 11.6 Å². The quantitative estimate of drug-likeness (QED) is 0.766. The topological polar surface area (TPSA) is 45.9 Å². The maximum Gasteiger partial charge on any atom is 0.159 e. The first-order chi connectivity index (χ1) is 6.77. The van der Waals surface area contributed by atoms with Gasteiger partial charge in [-0.1, -0.05) is 23.8 Å². The first kappa shape index (κ1) is 10.7. The number of ether oxygens (including phenoxy) is 1. The van der Waals surface area contributed by atoms with Gasteiger partial charge < -0.3 is 4.74 Å². The van der Waals surface area contributed by atoms with Gasteiger partial charge >= 0.3 is 0 Å². The minimum atomic E-state index is 0.246. The third-order valence-corrected chi connectivity index (χ3v) is 1.83. The summed E-state index contributed by atoms with van der Waals surface area (Å²) in [6.45, 7) is 0.539. The highest BCUT2D eigenvalue weighted by molar-refractivity contribution is 6.31. The van der Waals surface area contributed by atoms with E-state index in [1.165, 1.54) is 0 Å². The lowest BCUT2D eigenvalue weighted by Gasteiger charge is -1.96. The normalized spacial score (nSPS) is 10.4. The predicted molar refractivity (Wildman–Crippen MR) is 54.9 cm³/mol. The van der Waals surface area contributed by atoms with E-state index >= 15 is 0 Å². The number of hydrogen-bond donors (Lipinski definition) is 0. The van der Waals surface area contributed by atoms with Gasteiger partial charge in [0.05, 0.1) is 11.6 Å². The van der Waals surface area contributed by atoms with Crippen LogP contribution in [-0.2, 0) is 4.74 Å². The summed E-state index contributed by atoms with van der Waals surface area (Å²) in [6.07, 6.45) is 5.28. The smallest absolute Gasteiger partial charge is 0.159 e. The van der Waals surface area contributed by atoms with Crippen LogP contribution in [0.4, 0.5) is 0 Å². The fourth-order valence-electron chi connectivity index (χ4n) is 0.907. The Morgan fingerprint density at radius 2 is 2.50 bits per heavy atom. The van der Waals surface area contributed by atoms with Gasteiger partial charge in [0.2, 0.25) is 0 Å². The summed E-state index contributed by atoms with van der Waals surface area (Å²) >= 11 is 5.79. The lowest BCUT2D eigenvalue weighted by atomic mass is 10.2. The molecule has 0 radical (unpaired) electrons. The van der Waals surface area contributed by atoms with Crippen molar-refractivity contribution in [3.8, 4) is 6.07 Å². The highest BCUT2D eigenvalue weighted by Crippen LogP contribution is 2.14. The minimum Gasteiger partial charge on any atom is -0.381 e. The van der Waals surface area contributed by atoms with Crippen molar-refractivity contribution in [2.75, 3.05) is 13.7 Å². The van der Waals surface area contributed by atoms with Crippen LogP contribution in [0.2, 0.25) is 5.02 Å². The standard InChI is InChI=1S/C10H9ClN2O/c1-14-4-2-3-8-5-9(11)10(6-12)13-7-8/h2-3,5,7H,4H2,1H3/b3-2+. The lowest BCUT2D eigenvalue weighted by molar-refractivity contribution is 0.234. The first-order valence-corrected chi connectivity index (χ1v) is 4.37. The number of nitriles is 1. The average Bonchev–Trinajstić information content (AvgIpc) is 2.18. The van der Waals surface area contributed by atoms with Gasteiger partial charge in [-0.2, -0.15) is 5.26 Å². The van der Waals surface area contributed by atoms with E-state index in [4.69, 9.17) is 21.6 Å². The molecule has 1 aromatic rings. The van der Waals surface area contributed by atoms with E-state index in [2.05, 4.69) is 4.98 Å². The Labute approximate surface area is 87.6 Å². The van der Waals surface area contributed by atoms with Crippen LogP contribution in [0.3, 0.4) is 0 Å². The van der Waals surface area contributed by atoms with Crippen LogP contribution in [0.5, 0.6) is 0 Å². The molecule has 4 heteroatoms. The van der Waals surface area contributed by atoms with Crippen molar-refractivity contribution >= 4 is 17.7 Å². The molecule has 0 bridgehead atoms. The fourth-order valence-corrected chi connectivity index (χ4v) is 1.12. The Morgan fingerprint density at radius 3 is 3.07 bits per heavy atom. The fraction of sp³-hybridized carbons (Fsp3) is 0.200. The molecule has 0 fully saturated rings. The Hall–Kier alpha value is -1.37. The molecule has 0 atom stereocenters. The summed E-state index contributed by atoms with van der Waals surface area (Å²) in [7, 11) is 1.62. The zero-order chi connectivity index (χ0) is 10.4. The molecule has 0 aliphatic rings. The van der Waals surface area contributed by atoms with Crippen LogP contribution < -0.4 is 0 Å². The molecule has 1 rings (SSSR count). The molecule has 1 heterocycles. The van der Waals surface area contributed by atoms with E-state index in [0.717, 1.165) is 5.56 Å². The Balaban J connectivity index is 2.82. The average molecular weight is 209 g/mol. The lowest BCUT2D eigenvalue weighted by Crippen LogP contribution is -1.86. The zero-order valence-corrected chi connectivity index (χ0v) is 8.45. The largest absolute Gasteiger partial charge is 0.381 e. The van der Waals surface area contributed by atoms with Crippen molar-refractivity contribution in [3.63, 3.8) is 0 Å². The van der Waals surface area contributed by atoms with Gasteiger partial charge in [0.15, 0.2) is 5.69 Å². The molecule has 0 spiro atoms. The Kier molecular flexibility index (Phi) is 4.11. The summed E-state index contributed by atoms with van der Waals surface area (Å²) in [5.41, 5.74) is 1.10. The van der Waals surface area contributed by atoms with Gasteiger partial charge in [0, 0.05) is 13.3 Å². The van der Waals surface area contributed by atoms with Gasteiger partial charge in [-0.25, -0.2) is 4.98 Å². The van der Waals surface area contributed by atoms with E-state index < -0.39 is 0 Å². The second-order valence-corrected chi connectivity index (χ2v) is 2.98. The van der Waals surface area contributed by atoms with E-state index in [1.807, 2.05) is 18.2 Å². The van der Waals surface area contributed by atoms with Crippen molar-refractivity contribution in [3.05, 3.63) is 34.6 Å². The Bertz CT molecular complexity index is 382. The summed E-state index contributed by atoms with van der Waals surface area (Å²) in [5, 5.41) is 8.96. The van der Waals surface area contributed by atoms with Gasteiger partial charge in [-0.3, -0.25) is 0 Å². The van der Waals surface area contributed by atoms with E-state index in [9.17, 15) is 0 Å². The molecule has 14 heavy (non-hydrogen) atoms. The predicted octanol–water partition coefficient (Wildman–Crippen LogP) is 2.27. The van der Waals surface area contributed by atoms with E-state index in [0.29, 0.717) is 11.6 Å². The molecule has 0 aliphatic carbocycles. The van der Waals surface area contributed by atoms with Crippen LogP contribution in [0.25, 0.3) is 6.08 Å². The number of aromatic nitrogens is 1.